The fourth-order valence-corrected chi connectivity index (χ4v) is 1.64. The molecule has 1 aromatic carbocycles. The summed E-state index contributed by atoms with van der Waals surface area (Å²) in [7, 11) is 0. The van der Waals surface area contributed by atoms with Gasteiger partial charge in [0.1, 0.15) is 5.56 Å². The van der Waals surface area contributed by atoms with Crippen LogP contribution >= 0.6 is 0 Å². The molecule has 0 aliphatic carbocycles. The average molecular weight is 271 g/mol. The van der Waals surface area contributed by atoms with Crippen molar-refractivity contribution in [1.82, 2.24) is 0 Å². The summed E-state index contributed by atoms with van der Waals surface area (Å²) in [5, 5.41) is 19.5. The summed E-state index contributed by atoms with van der Waals surface area (Å²) in [6.45, 7) is 3.64. The van der Waals surface area contributed by atoms with Crippen LogP contribution in [0, 0.1) is 15.9 Å². The third-order valence-corrected chi connectivity index (χ3v) is 2.50. The van der Waals surface area contributed by atoms with Gasteiger partial charge in [-0.2, -0.15) is 0 Å². The first kappa shape index (κ1) is 14.9. The van der Waals surface area contributed by atoms with Crippen molar-refractivity contribution < 1.29 is 24.0 Å². The second kappa shape index (κ2) is 6.12. The third kappa shape index (κ3) is 3.64. The summed E-state index contributed by atoms with van der Waals surface area (Å²) < 4.78 is 18.9. The number of carboxylic acid groups (broad SMARTS) is 1. The van der Waals surface area contributed by atoms with Crippen LogP contribution in [-0.2, 0) is 0 Å². The van der Waals surface area contributed by atoms with Gasteiger partial charge in [0.15, 0.2) is 11.6 Å². The van der Waals surface area contributed by atoms with Gasteiger partial charge in [-0.25, -0.2) is 9.18 Å². The number of nitrogens with zero attached hydrogens (tertiary/aromatic N) is 1. The van der Waals surface area contributed by atoms with Crippen LogP contribution in [0.25, 0.3) is 0 Å². The fraction of sp³-hybridized carbons (Fsp3) is 0.417. The number of aromatic carboxylic acids is 1. The predicted molar refractivity (Wildman–Crippen MR) is 65.0 cm³/mol. The van der Waals surface area contributed by atoms with E-state index in [2.05, 4.69) is 0 Å². The van der Waals surface area contributed by atoms with Gasteiger partial charge in [0.05, 0.1) is 17.1 Å². The van der Waals surface area contributed by atoms with Crippen LogP contribution < -0.4 is 4.74 Å². The fourth-order valence-electron chi connectivity index (χ4n) is 1.64. The minimum Gasteiger partial charge on any atom is -0.488 e. The standard InChI is InChI=1S/C12H14FNO5/c1-3-4-7(2)19-11-5-8(12(15)16)10(14(17)18)6-9(11)13/h5-7H,3-4H2,1-2H3,(H,15,16). The lowest BCUT2D eigenvalue weighted by Gasteiger charge is -2.14. The topological polar surface area (TPSA) is 89.7 Å². The molecule has 0 aliphatic heterocycles. The van der Waals surface area contributed by atoms with Crippen LogP contribution in [0.15, 0.2) is 12.1 Å². The quantitative estimate of drug-likeness (QED) is 0.634. The lowest BCUT2D eigenvalue weighted by Crippen LogP contribution is -2.13. The van der Waals surface area contributed by atoms with Gasteiger partial charge in [0.25, 0.3) is 5.69 Å². The normalized spacial score (nSPS) is 11.9. The van der Waals surface area contributed by atoms with E-state index in [9.17, 15) is 19.3 Å². The molecule has 0 bridgehead atoms. The average Bonchev–Trinajstić information content (AvgIpc) is 2.31. The second-order valence-corrected chi connectivity index (χ2v) is 4.08. The molecule has 104 valence electrons. The maximum absolute atomic E-state index is 13.6. The van der Waals surface area contributed by atoms with Crippen LogP contribution in [0.2, 0.25) is 0 Å². The van der Waals surface area contributed by atoms with Crippen LogP contribution in [0.5, 0.6) is 5.75 Å². The molecule has 0 radical (unpaired) electrons. The van der Waals surface area contributed by atoms with Crippen molar-refractivity contribution in [3.63, 3.8) is 0 Å². The molecular formula is C12H14FNO5. The molecule has 19 heavy (non-hydrogen) atoms. The zero-order chi connectivity index (χ0) is 14.6. The van der Waals surface area contributed by atoms with Crippen LogP contribution in [-0.4, -0.2) is 22.1 Å². The van der Waals surface area contributed by atoms with Crippen molar-refractivity contribution in [3.05, 3.63) is 33.6 Å². The van der Waals surface area contributed by atoms with Gasteiger partial charge in [-0.15, -0.1) is 0 Å². The number of carboxylic acids is 1. The molecule has 0 saturated heterocycles. The Bertz CT molecular complexity index is 503. The van der Waals surface area contributed by atoms with E-state index < -0.39 is 28.0 Å². The van der Waals surface area contributed by atoms with Crippen molar-refractivity contribution in [2.75, 3.05) is 0 Å². The van der Waals surface area contributed by atoms with E-state index in [1.807, 2.05) is 6.92 Å². The smallest absolute Gasteiger partial charge is 0.342 e. The van der Waals surface area contributed by atoms with E-state index in [-0.39, 0.29) is 11.9 Å². The van der Waals surface area contributed by atoms with Crippen molar-refractivity contribution in [1.29, 1.82) is 0 Å². The SMILES string of the molecule is CCCC(C)Oc1cc(C(=O)O)c([N+](=O)[O-])cc1F. The number of hydrogen-bond acceptors (Lipinski definition) is 4. The van der Waals surface area contributed by atoms with E-state index in [1.165, 1.54) is 0 Å². The molecule has 0 aliphatic rings. The number of nitro benzene ring substituents is 1. The Labute approximate surface area is 109 Å². The number of nitro groups is 1. The van der Waals surface area contributed by atoms with Crippen LogP contribution in [0.4, 0.5) is 10.1 Å². The Morgan fingerprint density at radius 2 is 2.21 bits per heavy atom. The van der Waals surface area contributed by atoms with E-state index in [0.29, 0.717) is 12.5 Å². The maximum Gasteiger partial charge on any atom is 0.342 e. The minimum atomic E-state index is -1.50. The highest BCUT2D eigenvalue weighted by atomic mass is 19.1. The van der Waals surface area contributed by atoms with Gasteiger partial charge < -0.3 is 9.84 Å². The van der Waals surface area contributed by atoms with Crippen molar-refractivity contribution in [3.8, 4) is 5.75 Å². The molecule has 7 heteroatoms. The number of halogens is 1. The zero-order valence-corrected chi connectivity index (χ0v) is 10.6. The van der Waals surface area contributed by atoms with E-state index in [4.69, 9.17) is 9.84 Å². The predicted octanol–water partition coefficient (Wildman–Crippen LogP) is 3.00. The highest BCUT2D eigenvalue weighted by Gasteiger charge is 2.24. The van der Waals surface area contributed by atoms with Crippen molar-refractivity contribution >= 4 is 11.7 Å². The number of carbonyl (C=O) groups is 1. The van der Waals surface area contributed by atoms with Crippen LogP contribution in [0.1, 0.15) is 37.0 Å². The molecule has 0 saturated carbocycles. The van der Waals surface area contributed by atoms with Gasteiger partial charge >= 0.3 is 5.97 Å². The highest BCUT2D eigenvalue weighted by molar-refractivity contribution is 5.92. The van der Waals surface area contributed by atoms with Gasteiger partial charge in [-0.1, -0.05) is 13.3 Å². The van der Waals surface area contributed by atoms with Crippen LogP contribution in [0.3, 0.4) is 0 Å². The summed E-state index contributed by atoms with van der Waals surface area (Å²) in [5.41, 5.74) is -1.38. The van der Waals surface area contributed by atoms with E-state index >= 15 is 0 Å². The van der Waals surface area contributed by atoms with E-state index in [0.717, 1.165) is 12.5 Å². The first-order chi connectivity index (χ1) is 8.86. The third-order valence-electron chi connectivity index (χ3n) is 2.50. The first-order valence-corrected chi connectivity index (χ1v) is 5.74. The number of benzene rings is 1. The first-order valence-electron chi connectivity index (χ1n) is 5.74. The maximum atomic E-state index is 13.6. The number of ether oxygens (including phenoxy) is 1. The van der Waals surface area contributed by atoms with Crippen molar-refractivity contribution in [2.24, 2.45) is 0 Å². The molecular weight excluding hydrogens is 257 g/mol. The lowest BCUT2D eigenvalue weighted by molar-refractivity contribution is -0.385. The number of rotatable bonds is 6. The zero-order valence-electron chi connectivity index (χ0n) is 10.6. The molecule has 1 atom stereocenters. The summed E-state index contributed by atoms with van der Waals surface area (Å²) in [6, 6.07) is 1.42. The largest absolute Gasteiger partial charge is 0.488 e. The molecule has 6 nitrogen and oxygen atoms in total. The summed E-state index contributed by atoms with van der Waals surface area (Å²) >= 11 is 0. The molecule has 0 spiro atoms. The molecule has 0 heterocycles. The molecule has 1 unspecified atom stereocenters. The molecule has 1 aromatic rings. The Kier molecular flexibility index (Phi) is 4.80. The summed E-state index contributed by atoms with van der Waals surface area (Å²) in [4.78, 5) is 20.6. The minimum absolute atomic E-state index is 0.288. The number of hydrogen-bond donors (Lipinski definition) is 1. The molecule has 0 aromatic heterocycles. The Morgan fingerprint density at radius 1 is 1.58 bits per heavy atom. The van der Waals surface area contributed by atoms with Gasteiger partial charge in [0.2, 0.25) is 0 Å². The Balaban J connectivity index is 3.17. The molecule has 1 rings (SSSR count). The van der Waals surface area contributed by atoms with E-state index in [1.54, 1.807) is 6.92 Å². The van der Waals surface area contributed by atoms with Crippen molar-refractivity contribution in [2.45, 2.75) is 32.8 Å². The second-order valence-electron chi connectivity index (χ2n) is 4.08. The molecule has 1 N–H and O–H groups in total. The Hall–Kier alpha value is -2.18. The molecule has 0 fully saturated rings. The lowest BCUT2D eigenvalue weighted by atomic mass is 10.1. The summed E-state index contributed by atoms with van der Waals surface area (Å²) in [6.07, 6.45) is 1.18. The van der Waals surface area contributed by atoms with Gasteiger partial charge in [-0.05, 0) is 13.3 Å². The Morgan fingerprint density at radius 3 is 2.68 bits per heavy atom. The van der Waals surface area contributed by atoms with Gasteiger partial charge in [-0.3, -0.25) is 10.1 Å². The van der Waals surface area contributed by atoms with Gasteiger partial charge in [0, 0.05) is 6.07 Å². The highest BCUT2D eigenvalue weighted by Crippen LogP contribution is 2.28. The molecule has 0 amide bonds. The monoisotopic (exact) mass is 271 g/mol. The summed E-state index contributed by atoms with van der Waals surface area (Å²) in [5.74, 6) is -2.73.